The van der Waals surface area contributed by atoms with E-state index in [0.717, 1.165) is 28.0 Å². The summed E-state index contributed by atoms with van der Waals surface area (Å²) >= 11 is 0. The third-order valence-electron chi connectivity index (χ3n) is 2.95. The molecule has 0 amide bonds. The Labute approximate surface area is 111 Å². The van der Waals surface area contributed by atoms with Crippen LogP contribution in [-0.4, -0.2) is 12.3 Å². The highest BCUT2D eigenvalue weighted by atomic mass is 16.5. The summed E-state index contributed by atoms with van der Waals surface area (Å²) in [5.41, 5.74) is 1.96. The van der Waals surface area contributed by atoms with Gasteiger partial charge in [-0.05, 0) is 35.9 Å². The van der Waals surface area contributed by atoms with Crippen molar-refractivity contribution in [3.05, 3.63) is 59.9 Å². The molecule has 0 aliphatic carbocycles. The Morgan fingerprint density at radius 2 is 1.79 bits per heavy atom. The number of benzene rings is 2. The molecule has 0 aliphatic rings. The highest BCUT2D eigenvalue weighted by Crippen LogP contribution is 2.20. The monoisotopic (exact) mass is 251 g/mol. The summed E-state index contributed by atoms with van der Waals surface area (Å²) in [6, 6.07) is 15.7. The lowest BCUT2D eigenvalue weighted by molar-refractivity contribution is 0.415. The molecule has 19 heavy (non-hydrogen) atoms. The molecule has 3 rings (SSSR count). The molecular formula is C16H13NO2. The van der Waals surface area contributed by atoms with Crippen molar-refractivity contribution in [2.24, 2.45) is 0 Å². The van der Waals surface area contributed by atoms with E-state index in [1.54, 1.807) is 7.11 Å². The van der Waals surface area contributed by atoms with Gasteiger partial charge in [-0.1, -0.05) is 35.5 Å². The summed E-state index contributed by atoms with van der Waals surface area (Å²) in [4.78, 5) is 0. The molecule has 0 unspecified atom stereocenters. The molecule has 0 aliphatic heterocycles. The number of ether oxygens (including phenoxy) is 1. The van der Waals surface area contributed by atoms with Crippen LogP contribution in [0.25, 0.3) is 23.1 Å². The van der Waals surface area contributed by atoms with Crippen LogP contribution in [0, 0.1) is 0 Å². The molecule has 3 aromatic rings. The van der Waals surface area contributed by atoms with Gasteiger partial charge in [-0.25, -0.2) is 0 Å². The van der Waals surface area contributed by atoms with E-state index in [-0.39, 0.29) is 0 Å². The standard InChI is InChI=1S/C16H13NO2/c1-18-13-9-6-12(7-10-13)8-11-16-14-4-2-3-5-15(14)17-19-16/h2-11H,1H3/b11-8-. The molecule has 0 spiro atoms. The molecule has 0 fully saturated rings. The molecule has 1 heterocycles. The van der Waals surface area contributed by atoms with Crippen molar-refractivity contribution in [3.63, 3.8) is 0 Å². The Kier molecular flexibility index (Phi) is 3.02. The lowest BCUT2D eigenvalue weighted by Gasteiger charge is -1.98. The Balaban J connectivity index is 1.89. The zero-order chi connectivity index (χ0) is 13.1. The zero-order valence-electron chi connectivity index (χ0n) is 10.5. The number of aromatic nitrogens is 1. The predicted molar refractivity (Wildman–Crippen MR) is 75.9 cm³/mol. The lowest BCUT2D eigenvalue weighted by Crippen LogP contribution is -1.81. The molecule has 0 saturated heterocycles. The number of methoxy groups -OCH3 is 1. The second kappa shape index (κ2) is 4.98. The second-order valence-electron chi connectivity index (χ2n) is 4.17. The van der Waals surface area contributed by atoms with Gasteiger partial charge in [-0.3, -0.25) is 0 Å². The first kappa shape index (κ1) is 11.5. The summed E-state index contributed by atoms with van der Waals surface area (Å²) in [5.74, 6) is 1.62. The third kappa shape index (κ3) is 2.36. The predicted octanol–water partition coefficient (Wildman–Crippen LogP) is 4.01. The first-order chi connectivity index (χ1) is 9.36. The van der Waals surface area contributed by atoms with E-state index in [2.05, 4.69) is 5.16 Å². The van der Waals surface area contributed by atoms with E-state index in [1.165, 1.54) is 0 Å². The van der Waals surface area contributed by atoms with Gasteiger partial charge in [0.25, 0.3) is 0 Å². The van der Waals surface area contributed by atoms with Crippen LogP contribution >= 0.6 is 0 Å². The number of hydrogen-bond acceptors (Lipinski definition) is 3. The fourth-order valence-corrected chi connectivity index (χ4v) is 1.92. The van der Waals surface area contributed by atoms with E-state index >= 15 is 0 Å². The normalized spacial score (nSPS) is 11.2. The van der Waals surface area contributed by atoms with Crippen LogP contribution in [0.3, 0.4) is 0 Å². The Morgan fingerprint density at radius 1 is 1.00 bits per heavy atom. The summed E-state index contributed by atoms with van der Waals surface area (Å²) in [5, 5.41) is 5.03. The lowest BCUT2D eigenvalue weighted by atomic mass is 10.1. The molecule has 94 valence electrons. The minimum atomic E-state index is 0.770. The average molecular weight is 251 g/mol. The number of nitrogens with zero attached hydrogens (tertiary/aromatic N) is 1. The van der Waals surface area contributed by atoms with Crippen LogP contribution in [-0.2, 0) is 0 Å². The van der Waals surface area contributed by atoms with Gasteiger partial charge in [0.2, 0.25) is 0 Å². The fraction of sp³-hybridized carbons (Fsp3) is 0.0625. The zero-order valence-corrected chi connectivity index (χ0v) is 10.5. The second-order valence-corrected chi connectivity index (χ2v) is 4.17. The molecule has 0 radical (unpaired) electrons. The summed E-state index contributed by atoms with van der Waals surface area (Å²) < 4.78 is 10.4. The summed E-state index contributed by atoms with van der Waals surface area (Å²) in [7, 11) is 1.66. The minimum Gasteiger partial charge on any atom is -0.497 e. The summed E-state index contributed by atoms with van der Waals surface area (Å²) in [6.45, 7) is 0. The number of rotatable bonds is 3. The SMILES string of the molecule is COc1ccc(/C=C\c2onc3ccccc23)cc1. The maximum atomic E-state index is 5.32. The first-order valence-corrected chi connectivity index (χ1v) is 6.03. The average Bonchev–Trinajstić information content (AvgIpc) is 2.89. The van der Waals surface area contributed by atoms with Gasteiger partial charge in [0.1, 0.15) is 11.3 Å². The van der Waals surface area contributed by atoms with Crippen LogP contribution in [0.4, 0.5) is 0 Å². The highest BCUT2D eigenvalue weighted by molar-refractivity contribution is 5.88. The van der Waals surface area contributed by atoms with Gasteiger partial charge in [-0.2, -0.15) is 0 Å². The molecule has 0 atom stereocenters. The fourth-order valence-electron chi connectivity index (χ4n) is 1.92. The van der Waals surface area contributed by atoms with Gasteiger partial charge in [0.05, 0.1) is 7.11 Å². The maximum absolute atomic E-state index is 5.32. The van der Waals surface area contributed by atoms with E-state index in [9.17, 15) is 0 Å². The van der Waals surface area contributed by atoms with Crippen LogP contribution in [0.5, 0.6) is 5.75 Å². The van der Waals surface area contributed by atoms with Crippen LogP contribution < -0.4 is 4.74 Å². The smallest absolute Gasteiger partial charge is 0.167 e. The van der Waals surface area contributed by atoms with Gasteiger partial charge < -0.3 is 9.26 Å². The molecule has 1 aromatic heterocycles. The summed E-state index contributed by atoms with van der Waals surface area (Å²) in [6.07, 6.45) is 3.92. The third-order valence-corrected chi connectivity index (χ3v) is 2.95. The topological polar surface area (TPSA) is 35.3 Å². The van der Waals surface area contributed by atoms with Gasteiger partial charge in [0.15, 0.2) is 5.76 Å². The Morgan fingerprint density at radius 3 is 2.58 bits per heavy atom. The van der Waals surface area contributed by atoms with Crippen LogP contribution in [0.1, 0.15) is 11.3 Å². The van der Waals surface area contributed by atoms with Crippen molar-refractivity contribution in [2.75, 3.05) is 7.11 Å². The molecule has 0 saturated carbocycles. The van der Waals surface area contributed by atoms with Crippen molar-refractivity contribution in [1.29, 1.82) is 0 Å². The van der Waals surface area contributed by atoms with Crippen LogP contribution in [0.15, 0.2) is 53.1 Å². The van der Waals surface area contributed by atoms with Crippen molar-refractivity contribution >= 4 is 23.1 Å². The molecular weight excluding hydrogens is 238 g/mol. The Bertz CT molecular complexity index is 711. The maximum Gasteiger partial charge on any atom is 0.167 e. The first-order valence-electron chi connectivity index (χ1n) is 6.03. The van der Waals surface area contributed by atoms with E-state index < -0.39 is 0 Å². The van der Waals surface area contributed by atoms with E-state index in [0.29, 0.717) is 0 Å². The van der Waals surface area contributed by atoms with E-state index in [4.69, 9.17) is 9.26 Å². The molecule has 3 nitrogen and oxygen atoms in total. The highest BCUT2D eigenvalue weighted by Gasteiger charge is 2.03. The molecule has 2 aromatic carbocycles. The Hall–Kier alpha value is -2.55. The largest absolute Gasteiger partial charge is 0.497 e. The van der Waals surface area contributed by atoms with Crippen molar-refractivity contribution < 1.29 is 9.26 Å². The molecule has 0 bridgehead atoms. The quantitative estimate of drug-likeness (QED) is 0.705. The van der Waals surface area contributed by atoms with Crippen LogP contribution in [0.2, 0.25) is 0 Å². The van der Waals surface area contributed by atoms with Gasteiger partial charge in [0, 0.05) is 5.39 Å². The molecule has 3 heteroatoms. The van der Waals surface area contributed by atoms with E-state index in [1.807, 2.05) is 60.7 Å². The minimum absolute atomic E-state index is 0.770. The number of hydrogen-bond donors (Lipinski definition) is 0. The van der Waals surface area contributed by atoms with Gasteiger partial charge in [-0.15, -0.1) is 0 Å². The van der Waals surface area contributed by atoms with Crippen molar-refractivity contribution in [3.8, 4) is 5.75 Å². The molecule has 0 N–H and O–H groups in total. The van der Waals surface area contributed by atoms with Gasteiger partial charge >= 0.3 is 0 Å². The number of fused-ring (bicyclic) bond motifs is 1. The van der Waals surface area contributed by atoms with Crippen molar-refractivity contribution in [2.45, 2.75) is 0 Å². The van der Waals surface area contributed by atoms with Crippen molar-refractivity contribution in [1.82, 2.24) is 5.16 Å².